The monoisotopic (exact) mass is 659 g/mol. The lowest BCUT2D eigenvalue weighted by Crippen LogP contribution is -2.54. The summed E-state index contributed by atoms with van der Waals surface area (Å²) in [7, 11) is 0.204. The van der Waals surface area contributed by atoms with Gasteiger partial charge in [-0.25, -0.2) is 8.42 Å². The first-order valence-corrected chi connectivity index (χ1v) is 16.6. The van der Waals surface area contributed by atoms with Crippen LogP contribution in [0.25, 0.3) is 0 Å². The molecule has 10 nitrogen and oxygen atoms in total. The SMILES string of the molecule is COc1cccc(CN(C(=O)CN(c2ccc(OC)c(OC)c2)S(=O)(=O)c2ccccc2)[C@H](Cc2ccccc2)C(=O)NC(C)C)c1. The number of hydrogen-bond acceptors (Lipinski definition) is 7. The van der Waals surface area contributed by atoms with Crippen LogP contribution in [0.4, 0.5) is 5.69 Å². The fourth-order valence-electron chi connectivity index (χ4n) is 5.13. The molecule has 0 aromatic heterocycles. The molecular formula is C36H41N3O7S. The van der Waals surface area contributed by atoms with E-state index in [2.05, 4.69) is 5.32 Å². The smallest absolute Gasteiger partial charge is 0.264 e. The second-order valence-corrected chi connectivity index (χ2v) is 13.0. The molecule has 0 aliphatic rings. The van der Waals surface area contributed by atoms with Crippen LogP contribution in [-0.4, -0.2) is 65.1 Å². The molecule has 0 radical (unpaired) electrons. The molecule has 248 valence electrons. The molecule has 1 N–H and O–H groups in total. The lowest BCUT2D eigenvalue weighted by Gasteiger charge is -2.34. The average Bonchev–Trinajstić information content (AvgIpc) is 3.08. The Morgan fingerprint density at radius 3 is 2.00 bits per heavy atom. The maximum Gasteiger partial charge on any atom is 0.264 e. The second-order valence-electron chi connectivity index (χ2n) is 11.1. The first-order valence-electron chi connectivity index (χ1n) is 15.1. The fourth-order valence-corrected chi connectivity index (χ4v) is 6.56. The molecule has 4 rings (SSSR count). The van der Waals surface area contributed by atoms with E-state index in [0.717, 1.165) is 9.87 Å². The van der Waals surface area contributed by atoms with E-state index in [-0.39, 0.29) is 41.2 Å². The van der Waals surface area contributed by atoms with Crippen molar-refractivity contribution in [3.63, 3.8) is 0 Å². The zero-order chi connectivity index (χ0) is 34.0. The van der Waals surface area contributed by atoms with Crippen molar-refractivity contribution in [3.05, 3.63) is 114 Å². The van der Waals surface area contributed by atoms with Gasteiger partial charge in [-0.1, -0.05) is 60.7 Å². The van der Waals surface area contributed by atoms with Crippen molar-refractivity contribution in [2.45, 2.75) is 43.8 Å². The van der Waals surface area contributed by atoms with Gasteiger partial charge in [0.15, 0.2) is 11.5 Å². The summed E-state index contributed by atoms with van der Waals surface area (Å²) < 4.78 is 45.7. The summed E-state index contributed by atoms with van der Waals surface area (Å²) in [4.78, 5) is 29.9. The highest BCUT2D eigenvalue weighted by molar-refractivity contribution is 7.92. The van der Waals surface area contributed by atoms with Gasteiger partial charge in [0.25, 0.3) is 10.0 Å². The van der Waals surface area contributed by atoms with E-state index in [1.54, 1.807) is 55.6 Å². The van der Waals surface area contributed by atoms with Crippen molar-refractivity contribution < 1.29 is 32.2 Å². The van der Waals surface area contributed by atoms with Crippen molar-refractivity contribution in [2.75, 3.05) is 32.2 Å². The van der Waals surface area contributed by atoms with E-state index in [1.807, 2.05) is 50.2 Å². The summed E-state index contributed by atoms with van der Waals surface area (Å²) in [6.45, 7) is 3.11. The zero-order valence-electron chi connectivity index (χ0n) is 27.3. The Morgan fingerprint density at radius 2 is 1.38 bits per heavy atom. The number of anilines is 1. The standard InChI is InChI=1S/C36H41N3O7S/c1-26(2)37-36(41)32(22-27-13-8-6-9-14-27)38(24-28-15-12-16-30(21-28)44-3)35(40)25-39(47(42,43)31-17-10-7-11-18-31)29-19-20-33(45-4)34(23-29)46-5/h6-21,23,26,32H,22,24-25H2,1-5H3,(H,37,41)/t32-/m1/s1. The molecule has 4 aromatic carbocycles. The number of carbonyl (C=O) groups excluding carboxylic acids is 2. The van der Waals surface area contributed by atoms with E-state index in [4.69, 9.17) is 14.2 Å². The van der Waals surface area contributed by atoms with Gasteiger partial charge in [-0.15, -0.1) is 0 Å². The third kappa shape index (κ3) is 8.82. The van der Waals surface area contributed by atoms with Crippen LogP contribution in [0.15, 0.2) is 108 Å². The zero-order valence-corrected chi connectivity index (χ0v) is 28.1. The minimum atomic E-state index is -4.27. The van der Waals surface area contributed by atoms with E-state index < -0.39 is 28.5 Å². The predicted molar refractivity (Wildman–Crippen MR) is 181 cm³/mol. The van der Waals surface area contributed by atoms with Gasteiger partial charge in [0.2, 0.25) is 11.8 Å². The molecule has 4 aromatic rings. The maximum absolute atomic E-state index is 14.6. The van der Waals surface area contributed by atoms with Gasteiger partial charge in [-0.2, -0.15) is 0 Å². The summed E-state index contributed by atoms with van der Waals surface area (Å²) in [6, 6.07) is 27.9. The molecule has 0 saturated carbocycles. The lowest BCUT2D eigenvalue weighted by molar-refractivity contribution is -0.140. The molecule has 0 spiro atoms. The highest BCUT2D eigenvalue weighted by Crippen LogP contribution is 2.34. The first-order chi connectivity index (χ1) is 22.6. The number of nitrogens with zero attached hydrogens (tertiary/aromatic N) is 2. The largest absolute Gasteiger partial charge is 0.497 e. The summed E-state index contributed by atoms with van der Waals surface area (Å²) in [6.07, 6.45) is 0.205. The van der Waals surface area contributed by atoms with E-state index in [0.29, 0.717) is 17.1 Å². The Bertz CT molecular complexity index is 1750. The van der Waals surface area contributed by atoms with Gasteiger partial charge < -0.3 is 24.4 Å². The molecule has 0 saturated heterocycles. The summed E-state index contributed by atoms with van der Waals surface area (Å²) in [5, 5.41) is 2.96. The van der Waals surface area contributed by atoms with Crippen LogP contribution in [0.2, 0.25) is 0 Å². The number of rotatable bonds is 15. The lowest BCUT2D eigenvalue weighted by atomic mass is 10.0. The minimum Gasteiger partial charge on any atom is -0.497 e. The molecule has 0 aliphatic carbocycles. The number of benzene rings is 4. The van der Waals surface area contributed by atoms with Crippen LogP contribution >= 0.6 is 0 Å². The number of nitrogens with one attached hydrogen (secondary N) is 1. The third-order valence-electron chi connectivity index (χ3n) is 7.45. The van der Waals surface area contributed by atoms with Gasteiger partial charge in [-0.3, -0.25) is 13.9 Å². The fraction of sp³-hybridized carbons (Fsp3) is 0.278. The molecule has 0 bridgehead atoms. The Kier molecular flexibility index (Phi) is 11.9. The molecule has 0 heterocycles. The van der Waals surface area contributed by atoms with Crippen LogP contribution in [0.3, 0.4) is 0 Å². The Labute approximate surface area is 276 Å². The normalized spacial score (nSPS) is 11.8. The average molecular weight is 660 g/mol. The molecular weight excluding hydrogens is 618 g/mol. The maximum atomic E-state index is 14.6. The highest BCUT2D eigenvalue weighted by atomic mass is 32.2. The number of amides is 2. The third-order valence-corrected chi connectivity index (χ3v) is 9.24. The number of sulfonamides is 1. The van der Waals surface area contributed by atoms with E-state index >= 15 is 0 Å². The summed E-state index contributed by atoms with van der Waals surface area (Å²) in [5.74, 6) is 0.329. The molecule has 0 unspecified atom stereocenters. The van der Waals surface area contributed by atoms with Crippen molar-refractivity contribution in [2.24, 2.45) is 0 Å². The predicted octanol–water partition coefficient (Wildman–Crippen LogP) is 5.07. The van der Waals surface area contributed by atoms with Crippen molar-refractivity contribution >= 4 is 27.5 Å². The first kappa shape index (κ1) is 34.8. The van der Waals surface area contributed by atoms with Crippen molar-refractivity contribution in [3.8, 4) is 17.2 Å². The Morgan fingerprint density at radius 1 is 0.745 bits per heavy atom. The molecule has 2 amide bonds. The molecule has 0 fully saturated rings. The van der Waals surface area contributed by atoms with Crippen molar-refractivity contribution in [1.29, 1.82) is 0 Å². The van der Waals surface area contributed by atoms with Gasteiger partial charge >= 0.3 is 0 Å². The van der Waals surface area contributed by atoms with Gasteiger partial charge in [0, 0.05) is 25.1 Å². The minimum absolute atomic E-state index is 0.000294. The molecule has 47 heavy (non-hydrogen) atoms. The second kappa shape index (κ2) is 16.0. The van der Waals surface area contributed by atoms with Crippen LogP contribution in [0, 0.1) is 0 Å². The topological polar surface area (TPSA) is 114 Å². The van der Waals surface area contributed by atoms with Crippen molar-refractivity contribution in [1.82, 2.24) is 10.2 Å². The molecule has 0 aliphatic heterocycles. The van der Waals surface area contributed by atoms with Crippen LogP contribution in [-0.2, 0) is 32.6 Å². The number of carbonyl (C=O) groups is 2. The highest BCUT2D eigenvalue weighted by Gasteiger charge is 2.35. The van der Waals surface area contributed by atoms with Crippen LogP contribution in [0.5, 0.6) is 17.2 Å². The number of hydrogen-bond donors (Lipinski definition) is 1. The molecule has 11 heteroatoms. The van der Waals surface area contributed by atoms with Gasteiger partial charge in [-0.05, 0) is 61.4 Å². The summed E-state index contributed by atoms with van der Waals surface area (Å²) >= 11 is 0. The van der Waals surface area contributed by atoms with E-state index in [1.165, 1.54) is 37.3 Å². The van der Waals surface area contributed by atoms with Crippen LogP contribution < -0.4 is 23.8 Å². The quantitative estimate of drug-likeness (QED) is 0.190. The number of methoxy groups -OCH3 is 3. The number of ether oxygens (including phenoxy) is 3. The Hall–Kier alpha value is -5.03. The Balaban J connectivity index is 1.84. The summed E-state index contributed by atoms with van der Waals surface area (Å²) in [5.41, 5.74) is 1.73. The molecule has 1 atom stereocenters. The van der Waals surface area contributed by atoms with Gasteiger partial charge in [0.1, 0.15) is 18.3 Å². The van der Waals surface area contributed by atoms with Gasteiger partial charge in [0.05, 0.1) is 31.9 Å². The van der Waals surface area contributed by atoms with E-state index in [9.17, 15) is 18.0 Å². The van der Waals surface area contributed by atoms with Crippen LogP contribution in [0.1, 0.15) is 25.0 Å².